The third-order valence-electron chi connectivity index (χ3n) is 2.85. The maximum atomic E-state index is 12.2. The van der Waals surface area contributed by atoms with Gasteiger partial charge in [-0.05, 0) is 37.8 Å². The monoisotopic (exact) mass is 228 g/mol. The molecule has 1 heterocycles. The van der Waals surface area contributed by atoms with Gasteiger partial charge in [0.25, 0.3) is 5.91 Å². The Hall–Kier alpha value is -1.82. The molecule has 1 aromatic rings. The highest BCUT2D eigenvalue weighted by atomic mass is 16.2. The number of carbonyl (C=O) groups is 1. The number of rotatable bonds is 4. The molecule has 0 radical (unpaired) electrons. The lowest BCUT2D eigenvalue weighted by Crippen LogP contribution is -2.33. The van der Waals surface area contributed by atoms with Crippen molar-refractivity contribution in [2.45, 2.75) is 19.8 Å². The van der Waals surface area contributed by atoms with Gasteiger partial charge in [-0.1, -0.05) is 12.0 Å². The van der Waals surface area contributed by atoms with E-state index in [-0.39, 0.29) is 5.91 Å². The topological polar surface area (TPSA) is 33.2 Å². The summed E-state index contributed by atoms with van der Waals surface area (Å²) < 4.78 is 0. The number of amides is 1. The Bertz CT molecular complexity index is 458. The Labute approximate surface area is 102 Å². The molecule has 1 fully saturated rings. The van der Waals surface area contributed by atoms with Crippen LogP contribution in [0.2, 0.25) is 0 Å². The first kappa shape index (κ1) is 11.7. The smallest absolute Gasteiger partial charge is 0.273 e. The normalized spacial score (nSPS) is 14.1. The lowest BCUT2D eigenvalue weighted by molar-refractivity contribution is 0.0763. The summed E-state index contributed by atoms with van der Waals surface area (Å²) in [5.74, 6) is 3.12. The van der Waals surface area contributed by atoms with Crippen LogP contribution in [0.3, 0.4) is 0 Å². The van der Waals surface area contributed by atoms with Gasteiger partial charge < -0.3 is 4.90 Å². The van der Waals surface area contributed by atoms with E-state index >= 15 is 0 Å². The molecule has 3 heteroatoms. The fourth-order valence-corrected chi connectivity index (χ4v) is 1.77. The van der Waals surface area contributed by atoms with Crippen LogP contribution in [-0.4, -0.2) is 28.9 Å². The molecule has 0 N–H and O–H groups in total. The van der Waals surface area contributed by atoms with Crippen molar-refractivity contribution in [3.63, 3.8) is 0 Å². The quantitative estimate of drug-likeness (QED) is 0.737. The minimum Gasteiger partial charge on any atom is -0.326 e. The van der Waals surface area contributed by atoms with E-state index in [0.717, 1.165) is 12.2 Å². The molecular weight excluding hydrogens is 212 g/mol. The van der Waals surface area contributed by atoms with Crippen molar-refractivity contribution in [3.05, 3.63) is 29.6 Å². The van der Waals surface area contributed by atoms with Gasteiger partial charge in [0.2, 0.25) is 0 Å². The van der Waals surface area contributed by atoms with Gasteiger partial charge in [-0.15, -0.1) is 6.42 Å². The Morgan fingerprint density at radius 1 is 1.59 bits per heavy atom. The van der Waals surface area contributed by atoms with Crippen LogP contribution in [0.25, 0.3) is 0 Å². The number of carbonyl (C=O) groups excluding carboxylic acids is 1. The summed E-state index contributed by atoms with van der Waals surface area (Å²) in [5.41, 5.74) is 1.34. The van der Waals surface area contributed by atoms with Crippen LogP contribution in [0.5, 0.6) is 0 Å². The van der Waals surface area contributed by atoms with E-state index in [1.165, 1.54) is 12.8 Å². The molecule has 1 aliphatic carbocycles. The Kier molecular flexibility index (Phi) is 3.43. The van der Waals surface area contributed by atoms with Crippen LogP contribution in [0, 0.1) is 25.2 Å². The van der Waals surface area contributed by atoms with Crippen molar-refractivity contribution in [2.75, 3.05) is 13.1 Å². The summed E-state index contributed by atoms with van der Waals surface area (Å²) in [6.07, 6.45) is 7.71. The zero-order chi connectivity index (χ0) is 12.3. The molecule has 2 rings (SSSR count). The number of aromatic nitrogens is 1. The Balaban J connectivity index is 2.12. The molecule has 0 atom stereocenters. The molecule has 0 unspecified atom stereocenters. The van der Waals surface area contributed by atoms with Gasteiger partial charge in [-0.3, -0.25) is 4.79 Å². The molecule has 0 aromatic carbocycles. The van der Waals surface area contributed by atoms with E-state index in [1.54, 1.807) is 11.0 Å². The second-order valence-electron chi connectivity index (χ2n) is 4.50. The molecule has 0 bridgehead atoms. The zero-order valence-electron chi connectivity index (χ0n) is 10.0. The van der Waals surface area contributed by atoms with Crippen LogP contribution in [0.4, 0.5) is 0 Å². The zero-order valence-corrected chi connectivity index (χ0v) is 10.0. The number of terminal acetylenes is 1. The van der Waals surface area contributed by atoms with E-state index in [9.17, 15) is 4.79 Å². The molecule has 0 spiro atoms. The Morgan fingerprint density at radius 3 is 2.94 bits per heavy atom. The predicted octanol–water partition coefficient (Wildman–Crippen LogP) is 1.88. The van der Waals surface area contributed by atoms with Crippen molar-refractivity contribution in [1.29, 1.82) is 0 Å². The summed E-state index contributed by atoms with van der Waals surface area (Å²) >= 11 is 0. The van der Waals surface area contributed by atoms with Crippen molar-refractivity contribution in [2.24, 2.45) is 5.92 Å². The molecule has 1 amide bonds. The average Bonchev–Trinajstić information content (AvgIpc) is 3.11. The maximum absolute atomic E-state index is 12.2. The highest BCUT2D eigenvalue weighted by Gasteiger charge is 2.27. The third kappa shape index (κ3) is 3.07. The average molecular weight is 228 g/mol. The molecular formula is C14H16N2O. The minimum atomic E-state index is -0.0569. The van der Waals surface area contributed by atoms with Crippen molar-refractivity contribution < 1.29 is 4.79 Å². The number of pyridine rings is 1. The summed E-state index contributed by atoms with van der Waals surface area (Å²) in [5, 5.41) is 0. The SMILES string of the molecule is C#CCN(CC1CC1)C(=O)c1cccc(C)n1. The van der Waals surface area contributed by atoms with E-state index in [4.69, 9.17) is 6.42 Å². The summed E-state index contributed by atoms with van der Waals surface area (Å²) in [6.45, 7) is 3.01. The number of aryl methyl sites for hydroxylation is 1. The number of hydrogen-bond acceptors (Lipinski definition) is 2. The number of hydrogen-bond donors (Lipinski definition) is 0. The van der Waals surface area contributed by atoms with Crippen LogP contribution in [-0.2, 0) is 0 Å². The Morgan fingerprint density at radius 2 is 2.35 bits per heavy atom. The third-order valence-corrected chi connectivity index (χ3v) is 2.85. The fraction of sp³-hybridized carbons (Fsp3) is 0.429. The molecule has 1 aliphatic rings. The van der Waals surface area contributed by atoms with E-state index < -0.39 is 0 Å². The first-order chi connectivity index (χ1) is 8.20. The van der Waals surface area contributed by atoms with E-state index in [2.05, 4.69) is 10.9 Å². The van der Waals surface area contributed by atoms with Crippen LogP contribution >= 0.6 is 0 Å². The second-order valence-corrected chi connectivity index (χ2v) is 4.50. The molecule has 88 valence electrons. The molecule has 1 aromatic heterocycles. The second kappa shape index (κ2) is 5.01. The molecule has 0 saturated heterocycles. The summed E-state index contributed by atoms with van der Waals surface area (Å²) in [4.78, 5) is 18.2. The van der Waals surface area contributed by atoms with Gasteiger partial charge in [0, 0.05) is 12.2 Å². The number of nitrogens with zero attached hydrogens (tertiary/aromatic N) is 2. The van der Waals surface area contributed by atoms with Gasteiger partial charge in [0.1, 0.15) is 5.69 Å². The highest BCUT2D eigenvalue weighted by molar-refractivity contribution is 5.92. The van der Waals surface area contributed by atoms with Gasteiger partial charge in [-0.25, -0.2) is 4.98 Å². The van der Waals surface area contributed by atoms with Gasteiger partial charge in [0.05, 0.1) is 6.54 Å². The predicted molar refractivity (Wildman–Crippen MR) is 66.4 cm³/mol. The molecule has 17 heavy (non-hydrogen) atoms. The first-order valence-electron chi connectivity index (χ1n) is 5.87. The van der Waals surface area contributed by atoms with Crippen LogP contribution in [0.1, 0.15) is 29.0 Å². The molecule has 0 aliphatic heterocycles. The van der Waals surface area contributed by atoms with Crippen molar-refractivity contribution in [3.8, 4) is 12.3 Å². The first-order valence-corrected chi connectivity index (χ1v) is 5.87. The van der Waals surface area contributed by atoms with Gasteiger partial charge >= 0.3 is 0 Å². The van der Waals surface area contributed by atoms with Crippen LogP contribution < -0.4 is 0 Å². The lowest BCUT2D eigenvalue weighted by Gasteiger charge is -2.19. The fourth-order valence-electron chi connectivity index (χ4n) is 1.77. The minimum absolute atomic E-state index is 0.0569. The summed E-state index contributed by atoms with van der Waals surface area (Å²) in [7, 11) is 0. The maximum Gasteiger partial charge on any atom is 0.273 e. The van der Waals surface area contributed by atoms with E-state index in [1.807, 2.05) is 19.1 Å². The molecule has 3 nitrogen and oxygen atoms in total. The van der Waals surface area contributed by atoms with Crippen LogP contribution in [0.15, 0.2) is 18.2 Å². The molecule has 1 saturated carbocycles. The van der Waals surface area contributed by atoms with Crippen molar-refractivity contribution >= 4 is 5.91 Å². The summed E-state index contributed by atoms with van der Waals surface area (Å²) in [6, 6.07) is 5.47. The van der Waals surface area contributed by atoms with Crippen molar-refractivity contribution in [1.82, 2.24) is 9.88 Å². The standard InChI is InChI=1S/C14H16N2O/c1-3-9-16(10-12-7-8-12)14(17)13-6-4-5-11(2)15-13/h1,4-6,12H,7-10H2,2H3. The largest absolute Gasteiger partial charge is 0.326 e. The lowest BCUT2D eigenvalue weighted by atomic mass is 10.2. The highest BCUT2D eigenvalue weighted by Crippen LogP contribution is 2.29. The van der Waals surface area contributed by atoms with Gasteiger partial charge in [-0.2, -0.15) is 0 Å². The van der Waals surface area contributed by atoms with Gasteiger partial charge in [0.15, 0.2) is 0 Å². The van der Waals surface area contributed by atoms with E-state index in [0.29, 0.717) is 18.2 Å².